The van der Waals surface area contributed by atoms with Crippen molar-refractivity contribution in [2.24, 2.45) is 0 Å². The van der Waals surface area contributed by atoms with Crippen molar-refractivity contribution >= 4 is 33.2 Å². The monoisotopic (exact) mass is 369 g/mol. The number of hydrogen-bond donors (Lipinski definition) is 2. The molecule has 0 radical (unpaired) electrons. The molecule has 21 heavy (non-hydrogen) atoms. The number of aliphatic hydroxyl groups excluding tert-OH is 1. The molecule has 112 valence electrons. The molecular formula is C16H17BrClNO2. The smallest absolute Gasteiger partial charge is 0.133 e. The largest absolute Gasteiger partial charge is 0.490 e. The van der Waals surface area contributed by atoms with E-state index < -0.39 is 6.10 Å². The van der Waals surface area contributed by atoms with Gasteiger partial charge in [-0.1, -0.05) is 29.8 Å². The Balaban J connectivity index is 1.82. The molecule has 0 saturated heterocycles. The van der Waals surface area contributed by atoms with Crippen LogP contribution in [0.25, 0.3) is 0 Å². The van der Waals surface area contributed by atoms with Crippen molar-refractivity contribution in [1.29, 1.82) is 0 Å². The van der Waals surface area contributed by atoms with Gasteiger partial charge in [0.15, 0.2) is 0 Å². The van der Waals surface area contributed by atoms with Crippen molar-refractivity contribution < 1.29 is 9.84 Å². The lowest BCUT2D eigenvalue weighted by Crippen LogP contribution is -2.26. The van der Waals surface area contributed by atoms with E-state index in [1.807, 2.05) is 43.3 Å². The van der Waals surface area contributed by atoms with Gasteiger partial charge in [0.05, 0.1) is 15.2 Å². The molecule has 0 aliphatic carbocycles. The highest BCUT2D eigenvalue weighted by Gasteiger charge is 2.08. The number of benzene rings is 2. The summed E-state index contributed by atoms with van der Waals surface area (Å²) in [5.41, 5.74) is 1.95. The Morgan fingerprint density at radius 1 is 1.29 bits per heavy atom. The fourth-order valence-electron chi connectivity index (χ4n) is 1.80. The van der Waals surface area contributed by atoms with Crippen LogP contribution in [0.3, 0.4) is 0 Å². The van der Waals surface area contributed by atoms with Gasteiger partial charge < -0.3 is 15.2 Å². The summed E-state index contributed by atoms with van der Waals surface area (Å²) >= 11 is 9.48. The SMILES string of the molecule is Cc1ccc(OCC(O)CNc2ccccc2Cl)c(Br)c1. The first kappa shape index (κ1) is 16.1. The summed E-state index contributed by atoms with van der Waals surface area (Å²) < 4.78 is 6.49. The number of nitrogens with one attached hydrogen (secondary N) is 1. The third-order valence-electron chi connectivity index (χ3n) is 2.92. The highest BCUT2D eigenvalue weighted by Crippen LogP contribution is 2.26. The molecule has 1 atom stereocenters. The summed E-state index contributed by atoms with van der Waals surface area (Å²) in [5.74, 6) is 0.720. The summed E-state index contributed by atoms with van der Waals surface area (Å²) in [6, 6.07) is 13.2. The van der Waals surface area contributed by atoms with Crippen LogP contribution < -0.4 is 10.1 Å². The average molecular weight is 371 g/mol. The number of para-hydroxylation sites is 1. The van der Waals surface area contributed by atoms with E-state index in [0.717, 1.165) is 21.5 Å². The van der Waals surface area contributed by atoms with Crippen LogP contribution in [0.15, 0.2) is 46.9 Å². The summed E-state index contributed by atoms with van der Waals surface area (Å²) in [7, 11) is 0. The van der Waals surface area contributed by atoms with Crippen LogP contribution in [0, 0.1) is 6.92 Å². The maximum atomic E-state index is 9.96. The quantitative estimate of drug-likeness (QED) is 0.798. The summed E-state index contributed by atoms with van der Waals surface area (Å²) in [4.78, 5) is 0. The van der Waals surface area contributed by atoms with Crippen molar-refractivity contribution in [2.75, 3.05) is 18.5 Å². The molecule has 1 unspecified atom stereocenters. The van der Waals surface area contributed by atoms with Gasteiger partial charge in [-0.2, -0.15) is 0 Å². The normalized spacial score (nSPS) is 12.0. The maximum Gasteiger partial charge on any atom is 0.133 e. The molecule has 0 aromatic heterocycles. The zero-order chi connectivity index (χ0) is 15.2. The third-order valence-corrected chi connectivity index (χ3v) is 3.87. The minimum absolute atomic E-state index is 0.207. The molecule has 0 fully saturated rings. The van der Waals surface area contributed by atoms with Gasteiger partial charge in [-0.05, 0) is 52.7 Å². The molecule has 2 aromatic carbocycles. The van der Waals surface area contributed by atoms with E-state index in [9.17, 15) is 5.11 Å². The van der Waals surface area contributed by atoms with Gasteiger partial charge in [-0.25, -0.2) is 0 Å². The number of aryl methyl sites for hydroxylation is 1. The zero-order valence-electron chi connectivity index (χ0n) is 11.6. The van der Waals surface area contributed by atoms with Gasteiger partial charge in [0.25, 0.3) is 0 Å². The second-order valence-corrected chi connectivity index (χ2v) is 6.02. The maximum absolute atomic E-state index is 9.96. The Morgan fingerprint density at radius 3 is 2.76 bits per heavy atom. The van der Waals surface area contributed by atoms with Crippen LogP contribution in [0.2, 0.25) is 5.02 Å². The molecule has 0 spiro atoms. The highest BCUT2D eigenvalue weighted by atomic mass is 79.9. The first-order valence-electron chi connectivity index (χ1n) is 6.61. The number of anilines is 1. The molecule has 2 rings (SSSR count). The molecule has 0 aliphatic rings. The van der Waals surface area contributed by atoms with E-state index >= 15 is 0 Å². The Bertz CT molecular complexity index is 607. The zero-order valence-corrected chi connectivity index (χ0v) is 14.0. The van der Waals surface area contributed by atoms with Crippen molar-refractivity contribution in [3.8, 4) is 5.75 Å². The lowest BCUT2D eigenvalue weighted by Gasteiger charge is -2.15. The Labute approximate surface area is 138 Å². The lowest BCUT2D eigenvalue weighted by molar-refractivity contribution is 0.117. The molecule has 0 heterocycles. The predicted molar refractivity (Wildman–Crippen MR) is 90.3 cm³/mol. The molecule has 0 saturated carbocycles. The number of hydrogen-bond acceptors (Lipinski definition) is 3. The van der Waals surface area contributed by atoms with Gasteiger partial charge in [-0.3, -0.25) is 0 Å². The Hall–Kier alpha value is -1.23. The summed E-state index contributed by atoms with van der Waals surface area (Å²) in [6.07, 6.45) is -0.630. The second kappa shape index (κ2) is 7.69. The van der Waals surface area contributed by atoms with E-state index in [0.29, 0.717) is 11.6 Å². The Morgan fingerprint density at radius 2 is 2.05 bits per heavy atom. The minimum atomic E-state index is -0.630. The van der Waals surface area contributed by atoms with Crippen LogP contribution >= 0.6 is 27.5 Å². The third kappa shape index (κ3) is 4.92. The number of ether oxygens (including phenoxy) is 1. The second-order valence-electron chi connectivity index (χ2n) is 4.76. The van der Waals surface area contributed by atoms with Crippen molar-refractivity contribution in [3.05, 3.63) is 57.5 Å². The van der Waals surface area contributed by atoms with Gasteiger partial charge >= 0.3 is 0 Å². The van der Waals surface area contributed by atoms with Crippen molar-refractivity contribution in [1.82, 2.24) is 0 Å². The standard InChI is InChI=1S/C16H17BrClNO2/c1-11-6-7-16(13(17)8-11)21-10-12(20)9-19-15-5-3-2-4-14(15)18/h2-8,12,19-20H,9-10H2,1H3. The van der Waals surface area contributed by atoms with Crippen molar-refractivity contribution in [2.45, 2.75) is 13.0 Å². The fourth-order valence-corrected chi connectivity index (χ4v) is 2.61. The lowest BCUT2D eigenvalue weighted by atomic mass is 10.2. The van der Waals surface area contributed by atoms with Gasteiger partial charge in [0.1, 0.15) is 18.5 Å². The average Bonchev–Trinajstić information content (AvgIpc) is 2.45. The van der Waals surface area contributed by atoms with E-state index in [1.54, 1.807) is 6.07 Å². The van der Waals surface area contributed by atoms with Crippen LogP contribution in [-0.2, 0) is 0 Å². The van der Waals surface area contributed by atoms with E-state index in [4.69, 9.17) is 16.3 Å². The fraction of sp³-hybridized carbons (Fsp3) is 0.250. The first-order chi connectivity index (χ1) is 10.1. The van der Waals surface area contributed by atoms with Crippen LogP contribution in [0.4, 0.5) is 5.69 Å². The van der Waals surface area contributed by atoms with Crippen molar-refractivity contribution in [3.63, 3.8) is 0 Å². The van der Waals surface area contributed by atoms with Gasteiger partial charge in [0, 0.05) is 6.54 Å². The summed E-state index contributed by atoms with van der Waals surface area (Å²) in [5, 5.41) is 13.7. The molecule has 2 aromatic rings. The molecule has 3 nitrogen and oxygen atoms in total. The molecule has 0 amide bonds. The molecule has 0 aliphatic heterocycles. The van der Waals surface area contributed by atoms with Gasteiger partial charge in [-0.15, -0.1) is 0 Å². The van der Waals surface area contributed by atoms with Crippen LogP contribution in [0.1, 0.15) is 5.56 Å². The van der Waals surface area contributed by atoms with Gasteiger partial charge in [0.2, 0.25) is 0 Å². The van der Waals surface area contributed by atoms with E-state index in [-0.39, 0.29) is 6.61 Å². The minimum Gasteiger partial charge on any atom is -0.490 e. The van der Waals surface area contributed by atoms with E-state index in [1.165, 1.54) is 0 Å². The number of halogens is 2. The number of aliphatic hydroxyl groups is 1. The van der Waals surface area contributed by atoms with Crippen LogP contribution in [0.5, 0.6) is 5.75 Å². The molecule has 5 heteroatoms. The molecule has 0 bridgehead atoms. The number of rotatable bonds is 6. The topological polar surface area (TPSA) is 41.5 Å². The Kier molecular flexibility index (Phi) is 5.91. The van der Waals surface area contributed by atoms with Crippen LogP contribution in [-0.4, -0.2) is 24.4 Å². The van der Waals surface area contributed by atoms with E-state index in [2.05, 4.69) is 21.2 Å². The first-order valence-corrected chi connectivity index (χ1v) is 7.79. The molecule has 2 N–H and O–H groups in total. The predicted octanol–water partition coefficient (Wildman–Crippen LogP) is 4.26. The summed E-state index contributed by atoms with van der Waals surface area (Å²) in [6.45, 7) is 2.59. The molecular weight excluding hydrogens is 354 g/mol. The highest BCUT2D eigenvalue weighted by molar-refractivity contribution is 9.10.